The molecule has 0 N–H and O–H groups in total. The average Bonchev–Trinajstić information content (AvgIpc) is 2.56. The molecule has 1 aromatic rings. The van der Waals surface area contributed by atoms with Gasteiger partial charge in [0.15, 0.2) is 5.78 Å². The lowest BCUT2D eigenvalue weighted by molar-refractivity contribution is -0.125. The van der Waals surface area contributed by atoms with Crippen LogP contribution in [-0.4, -0.2) is 25.6 Å². The molecular formula is C17H20O3. The van der Waals surface area contributed by atoms with Crippen LogP contribution in [0, 0.1) is 0 Å². The van der Waals surface area contributed by atoms with Gasteiger partial charge in [-0.15, -0.1) is 0 Å². The summed E-state index contributed by atoms with van der Waals surface area (Å²) in [6.45, 7) is 2.02. The Hall–Kier alpha value is -1.61. The average molecular weight is 272 g/mol. The quantitative estimate of drug-likeness (QED) is 0.848. The van der Waals surface area contributed by atoms with E-state index in [4.69, 9.17) is 9.47 Å². The van der Waals surface area contributed by atoms with Gasteiger partial charge in [0.25, 0.3) is 0 Å². The molecule has 2 aliphatic heterocycles. The largest absolute Gasteiger partial charge is 0.501 e. The third-order valence-corrected chi connectivity index (χ3v) is 4.33. The van der Waals surface area contributed by atoms with Crippen molar-refractivity contribution in [1.82, 2.24) is 0 Å². The Kier molecular flexibility index (Phi) is 3.88. The van der Waals surface area contributed by atoms with Crippen molar-refractivity contribution in [2.45, 2.75) is 31.1 Å². The van der Waals surface area contributed by atoms with Crippen LogP contribution < -0.4 is 0 Å². The van der Waals surface area contributed by atoms with Crippen molar-refractivity contribution in [2.24, 2.45) is 0 Å². The van der Waals surface area contributed by atoms with Gasteiger partial charge in [-0.1, -0.05) is 30.3 Å². The molecule has 0 unspecified atom stereocenters. The molecule has 0 atom stereocenters. The number of ketones is 1. The van der Waals surface area contributed by atoms with E-state index < -0.39 is 5.41 Å². The lowest BCUT2D eigenvalue weighted by atomic mass is 9.68. The molecule has 3 heteroatoms. The molecule has 3 nitrogen and oxygen atoms in total. The first kappa shape index (κ1) is 13.4. The number of ether oxygens (including phenoxy) is 2. The molecule has 20 heavy (non-hydrogen) atoms. The SMILES string of the molecule is O=C(C1=COCCC1)C1(c2ccccc2)CCOCC1. The summed E-state index contributed by atoms with van der Waals surface area (Å²) in [6.07, 6.45) is 4.94. The number of carbonyl (C=O) groups excluding carboxylic acids is 1. The van der Waals surface area contributed by atoms with Crippen molar-refractivity contribution in [1.29, 1.82) is 0 Å². The molecule has 2 heterocycles. The van der Waals surface area contributed by atoms with E-state index in [2.05, 4.69) is 12.1 Å². The Bertz CT molecular complexity index is 498. The summed E-state index contributed by atoms with van der Waals surface area (Å²) in [5.74, 6) is 0.228. The first-order valence-corrected chi connectivity index (χ1v) is 7.32. The second kappa shape index (κ2) is 5.80. The van der Waals surface area contributed by atoms with Gasteiger partial charge in [-0.3, -0.25) is 4.79 Å². The maximum Gasteiger partial charge on any atom is 0.172 e. The number of hydrogen-bond acceptors (Lipinski definition) is 3. The van der Waals surface area contributed by atoms with Crippen LogP contribution >= 0.6 is 0 Å². The number of rotatable bonds is 3. The van der Waals surface area contributed by atoms with Crippen molar-refractivity contribution in [2.75, 3.05) is 19.8 Å². The summed E-state index contributed by atoms with van der Waals surface area (Å²) in [6, 6.07) is 10.1. The minimum atomic E-state index is -0.425. The predicted molar refractivity (Wildman–Crippen MR) is 76.4 cm³/mol. The summed E-state index contributed by atoms with van der Waals surface area (Å²) in [5, 5.41) is 0. The molecule has 2 aliphatic rings. The summed E-state index contributed by atoms with van der Waals surface area (Å²) in [4.78, 5) is 13.1. The van der Waals surface area contributed by atoms with Crippen molar-refractivity contribution < 1.29 is 14.3 Å². The Balaban J connectivity index is 1.97. The first-order chi connectivity index (χ1) is 9.83. The fraction of sp³-hybridized carbons (Fsp3) is 0.471. The Labute approximate surface area is 119 Å². The minimum Gasteiger partial charge on any atom is -0.501 e. The number of benzene rings is 1. The van der Waals surface area contributed by atoms with E-state index in [1.807, 2.05) is 18.2 Å². The van der Waals surface area contributed by atoms with Crippen LogP contribution in [0.25, 0.3) is 0 Å². The van der Waals surface area contributed by atoms with E-state index in [0.717, 1.165) is 43.4 Å². The van der Waals surface area contributed by atoms with E-state index in [1.165, 1.54) is 0 Å². The minimum absolute atomic E-state index is 0.228. The number of Topliss-reactive ketones (excluding diaryl/α,β-unsaturated/α-hetero) is 1. The molecular weight excluding hydrogens is 252 g/mol. The third-order valence-electron chi connectivity index (χ3n) is 4.33. The van der Waals surface area contributed by atoms with Crippen LogP contribution in [0.2, 0.25) is 0 Å². The van der Waals surface area contributed by atoms with E-state index >= 15 is 0 Å². The molecule has 0 radical (unpaired) electrons. The molecule has 106 valence electrons. The van der Waals surface area contributed by atoms with Crippen LogP contribution in [0.5, 0.6) is 0 Å². The Morgan fingerprint density at radius 1 is 1.05 bits per heavy atom. The zero-order valence-electron chi connectivity index (χ0n) is 11.6. The first-order valence-electron chi connectivity index (χ1n) is 7.32. The zero-order valence-corrected chi connectivity index (χ0v) is 11.6. The molecule has 1 fully saturated rings. The monoisotopic (exact) mass is 272 g/mol. The van der Waals surface area contributed by atoms with E-state index in [-0.39, 0.29) is 5.78 Å². The van der Waals surface area contributed by atoms with E-state index in [1.54, 1.807) is 6.26 Å². The molecule has 0 aromatic heterocycles. The molecule has 0 saturated carbocycles. The van der Waals surface area contributed by atoms with Gasteiger partial charge < -0.3 is 9.47 Å². The lowest BCUT2D eigenvalue weighted by Crippen LogP contribution is -2.42. The highest BCUT2D eigenvalue weighted by Crippen LogP contribution is 2.38. The fourth-order valence-electron chi connectivity index (χ4n) is 3.16. The van der Waals surface area contributed by atoms with Gasteiger partial charge in [-0.2, -0.15) is 0 Å². The maximum atomic E-state index is 13.1. The van der Waals surface area contributed by atoms with Crippen LogP contribution in [0.1, 0.15) is 31.2 Å². The molecule has 1 aromatic carbocycles. The van der Waals surface area contributed by atoms with Crippen molar-refractivity contribution in [3.8, 4) is 0 Å². The molecule has 0 spiro atoms. The predicted octanol–water partition coefficient (Wildman–Crippen LogP) is 3.00. The van der Waals surface area contributed by atoms with Gasteiger partial charge in [-0.25, -0.2) is 0 Å². The van der Waals surface area contributed by atoms with Gasteiger partial charge in [-0.05, 0) is 31.2 Å². The van der Waals surface area contributed by atoms with Crippen LogP contribution in [0.3, 0.4) is 0 Å². The standard InChI is InChI=1S/C17H20O3/c18-16(14-5-4-10-20-13-14)17(8-11-19-12-9-17)15-6-2-1-3-7-15/h1-3,6-7,13H,4-5,8-12H2. The van der Waals surface area contributed by atoms with Crippen molar-refractivity contribution in [3.05, 3.63) is 47.7 Å². The highest BCUT2D eigenvalue weighted by molar-refractivity contribution is 6.03. The van der Waals surface area contributed by atoms with E-state index in [9.17, 15) is 4.79 Å². The van der Waals surface area contributed by atoms with Crippen LogP contribution in [0.4, 0.5) is 0 Å². The number of carbonyl (C=O) groups is 1. The van der Waals surface area contributed by atoms with Gasteiger partial charge >= 0.3 is 0 Å². The van der Waals surface area contributed by atoms with Crippen LogP contribution in [0.15, 0.2) is 42.2 Å². The Morgan fingerprint density at radius 2 is 1.80 bits per heavy atom. The van der Waals surface area contributed by atoms with Gasteiger partial charge in [0.05, 0.1) is 18.3 Å². The molecule has 0 amide bonds. The summed E-state index contributed by atoms with van der Waals surface area (Å²) < 4.78 is 10.8. The molecule has 1 saturated heterocycles. The van der Waals surface area contributed by atoms with Gasteiger partial charge in [0.1, 0.15) is 0 Å². The Morgan fingerprint density at radius 3 is 2.45 bits per heavy atom. The second-order valence-electron chi connectivity index (χ2n) is 5.51. The zero-order chi connectivity index (χ0) is 13.8. The second-order valence-corrected chi connectivity index (χ2v) is 5.51. The van der Waals surface area contributed by atoms with E-state index in [0.29, 0.717) is 13.2 Å². The highest BCUT2D eigenvalue weighted by Gasteiger charge is 2.42. The lowest BCUT2D eigenvalue weighted by Gasteiger charge is -2.37. The number of allylic oxidation sites excluding steroid dienone is 1. The smallest absolute Gasteiger partial charge is 0.172 e. The van der Waals surface area contributed by atoms with Crippen LogP contribution in [-0.2, 0) is 19.7 Å². The van der Waals surface area contributed by atoms with Crippen molar-refractivity contribution in [3.63, 3.8) is 0 Å². The molecule has 3 rings (SSSR count). The summed E-state index contributed by atoms with van der Waals surface area (Å²) >= 11 is 0. The number of hydrogen-bond donors (Lipinski definition) is 0. The van der Waals surface area contributed by atoms with Crippen molar-refractivity contribution >= 4 is 5.78 Å². The fourth-order valence-corrected chi connectivity index (χ4v) is 3.16. The summed E-state index contributed by atoms with van der Waals surface area (Å²) in [7, 11) is 0. The molecule has 0 aliphatic carbocycles. The van der Waals surface area contributed by atoms with Gasteiger partial charge in [0, 0.05) is 18.8 Å². The maximum absolute atomic E-state index is 13.1. The molecule has 0 bridgehead atoms. The third kappa shape index (κ3) is 2.38. The highest BCUT2D eigenvalue weighted by atomic mass is 16.5. The normalized spacial score (nSPS) is 21.7. The van der Waals surface area contributed by atoms with Gasteiger partial charge in [0.2, 0.25) is 0 Å². The topological polar surface area (TPSA) is 35.5 Å². The summed E-state index contributed by atoms with van der Waals surface area (Å²) in [5.41, 5.74) is 1.52.